The fraction of sp³-hybridized carbons (Fsp3) is 0.562. The molecule has 0 saturated heterocycles. The molecule has 1 fully saturated rings. The monoisotopic (exact) mass is 257 g/mol. The summed E-state index contributed by atoms with van der Waals surface area (Å²) in [4.78, 5) is 4.80. The SMILES string of the molecule is CCC1CCC(N)(c2nc3ccccc3n2C)CC1. The van der Waals surface area contributed by atoms with Crippen LogP contribution in [-0.4, -0.2) is 9.55 Å². The van der Waals surface area contributed by atoms with Gasteiger partial charge in [-0.05, 0) is 43.7 Å². The molecule has 1 saturated carbocycles. The van der Waals surface area contributed by atoms with Crippen molar-refractivity contribution in [3.8, 4) is 0 Å². The Hall–Kier alpha value is -1.35. The van der Waals surface area contributed by atoms with Gasteiger partial charge in [-0.15, -0.1) is 0 Å². The number of fused-ring (bicyclic) bond motifs is 1. The Morgan fingerprint density at radius 3 is 2.63 bits per heavy atom. The summed E-state index contributed by atoms with van der Waals surface area (Å²) in [5.74, 6) is 1.91. The highest BCUT2D eigenvalue weighted by Gasteiger charge is 2.36. The van der Waals surface area contributed by atoms with E-state index in [1.807, 2.05) is 6.07 Å². The van der Waals surface area contributed by atoms with Crippen molar-refractivity contribution in [3.05, 3.63) is 30.1 Å². The van der Waals surface area contributed by atoms with E-state index in [0.717, 1.165) is 30.1 Å². The number of benzene rings is 1. The van der Waals surface area contributed by atoms with Gasteiger partial charge in [-0.1, -0.05) is 25.5 Å². The predicted molar refractivity (Wildman–Crippen MR) is 78.8 cm³/mol. The van der Waals surface area contributed by atoms with Crippen molar-refractivity contribution in [1.29, 1.82) is 0 Å². The van der Waals surface area contributed by atoms with Crippen LogP contribution < -0.4 is 5.73 Å². The number of hydrogen-bond donors (Lipinski definition) is 1. The highest BCUT2D eigenvalue weighted by molar-refractivity contribution is 5.76. The average molecular weight is 257 g/mol. The van der Waals surface area contributed by atoms with Crippen molar-refractivity contribution in [2.24, 2.45) is 18.7 Å². The third-order valence-electron chi connectivity index (χ3n) is 4.81. The molecule has 0 radical (unpaired) electrons. The maximum absolute atomic E-state index is 6.68. The van der Waals surface area contributed by atoms with Gasteiger partial charge in [0.1, 0.15) is 5.82 Å². The summed E-state index contributed by atoms with van der Waals surface area (Å²) in [5, 5.41) is 0. The second-order valence-electron chi connectivity index (χ2n) is 5.99. The zero-order valence-electron chi connectivity index (χ0n) is 11.9. The summed E-state index contributed by atoms with van der Waals surface area (Å²) in [5.41, 5.74) is 8.68. The van der Waals surface area contributed by atoms with Crippen molar-refractivity contribution < 1.29 is 0 Å². The van der Waals surface area contributed by atoms with E-state index in [1.54, 1.807) is 0 Å². The molecule has 3 nitrogen and oxygen atoms in total. The first-order valence-corrected chi connectivity index (χ1v) is 7.35. The van der Waals surface area contributed by atoms with Gasteiger partial charge < -0.3 is 10.3 Å². The van der Waals surface area contributed by atoms with E-state index in [9.17, 15) is 0 Å². The highest BCUT2D eigenvalue weighted by Crippen LogP contribution is 2.38. The van der Waals surface area contributed by atoms with Gasteiger partial charge >= 0.3 is 0 Å². The van der Waals surface area contributed by atoms with Gasteiger partial charge in [-0.25, -0.2) is 4.98 Å². The Balaban J connectivity index is 1.98. The first kappa shape index (κ1) is 12.7. The maximum Gasteiger partial charge on any atom is 0.129 e. The van der Waals surface area contributed by atoms with Crippen LogP contribution in [0, 0.1) is 5.92 Å². The number of nitrogens with zero attached hydrogens (tertiary/aromatic N) is 2. The first-order valence-electron chi connectivity index (χ1n) is 7.35. The molecule has 0 unspecified atom stereocenters. The van der Waals surface area contributed by atoms with Gasteiger partial charge in [0, 0.05) is 7.05 Å². The van der Waals surface area contributed by atoms with Crippen molar-refractivity contribution in [1.82, 2.24) is 9.55 Å². The topological polar surface area (TPSA) is 43.8 Å². The largest absolute Gasteiger partial charge is 0.330 e. The lowest BCUT2D eigenvalue weighted by molar-refractivity contribution is 0.219. The second kappa shape index (κ2) is 4.64. The van der Waals surface area contributed by atoms with Gasteiger partial charge in [-0.2, -0.15) is 0 Å². The molecule has 0 spiro atoms. The number of aromatic nitrogens is 2. The molecule has 1 heterocycles. The Morgan fingerprint density at radius 2 is 2.00 bits per heavy atom. The van der Waals surface area contributed by atoms with E-state index >= 15 is 0 Å². The van der Waals surface area contributed by atoms with Crippen LogP contribution in [0.4, 0.5) is 0 Å². The van der Waals surface area contributed by atoms with E-state index in [-0.39, 0.29) is 5.54 Å². The lowest BCUT2D eigenvalue weighted by atomic mass is 9.75. The van der Waals surface area contributed by atoms with Gasteiger partial charge in [-0.3, -0.25) is 0 Å². The third-order valence-corrected chi connectivity index (χ3v) is 4.81. The summed E-state index contributed by atoms with van der Waals surface area (Å²) in [6.07, 6.45) is 5.86. The fourth-order valence-electron chi connectivity index (χ4n) is 3.42. The van der Waals surface area contributed by atoms with Crippen LogP contribution >= 0.6 is 0 Å². The number of hydrogen-bond acceptors (Lipinski definition) is 2. The quantitative estimate of drug-likeness (QED) is 0.896. The Kier molecular flexibility index (Phi) is 3.09. The van der Waals surface area contributed by atoms with Crippen molar-refractivity contribution in [2.45, 2.75) is 44.6 Å². The number of para-hydroxylation sites is 2. The van der Waals surface area contributed by atoms with Crippen molar-refractivity contribution in [3.63, 3.8) is 0 Å². The van der Waals surface area contributed by atoms with Crippen LogP contribution in [-0.2, 0) is 12.6 Å². The zero-order valence-corrected chi connectivity index (χ0v) is 11.9. The standard InChI is InChI=1S/C16H23N3/c1-3-12-8-10-16(17,11-9-12)15-18-13-6-4-5-7-14(13)19(15)2/h4-7,12H,3,8-11,17H2,1-2H3. The van der Waals surface area contributed by atoms with Gasteiger partial charge in [0.05, 0.1) is 16.6 Å². The summed E-state index contributed by atoms with van der Waals surface area (Å²) in [6, 6.07) is 8.29. The third kappa shape index (κ3) is 2.06. The van der Waals surface area contributed by atoms with Crippen LogP contribution in [0.3, 0.4) is 0 Å². The molecular formula is C16H23N3. The minimum absolute atomic E-state index is 0.237. The Labute approximate surface area is 114 Å². The van der Waals surface area contributed by atoms with Crippen LogP contribution in [0.5, 0.6) is 0 Å². The normalized spacial score (nSPS) is 27.8. The second-order valence-corrected chi connectivity index (χ2v) is 5.99. The van der Waals surface area contributed by atoms with E-state index in [1.165, 1.54) is 24.8 Å². The lowest BCUT2D eigenvalue weighted by Crippen LogP contribution is -2.42. The molecule has 0 bridgehead atoms. The number of rotatable bonds is 2. The highest BCUT2D eigenvalue weighted by atomic mass is 15.1. The molecule has 1 aliphatic rings. The maximum atomic E-state index is 6.68. The van der Waals surface area contributed by atoms with Gasteiger partial charge in [0.2, 0.25) is 0 Å². The molecule has 2 aromatic rings. The number of nitrogens with two attached hydrogens (primary N) is 1. The van der Waals surface area contributed by atoms with Crippen LogP contribution in [0.2, 0.25) is 0 Å². The molecule has 1 aliphatic carbocycles. The molecule has 19 heavy (non-hydrogen) atoms. The lowest BCUT2D eigenvalue weighted by Gasteiger charge is -2.36. The molecule has 0 amide bonds. The molecule has 2 N–H and O–H groups in total. The molecular weight excluding hydrogens is 234 g/mol. The van der Waals surface area contributed by atoms with E-state index in [4.69, 9.17) is 10.7 Å². The molecule has 3 heteroatoms. The van der Waals surface area contributed by atoms with Crippen LogP contribution in [0.1, 0.15) is 44.9 Å². The zero-order chi connectivity index (χ0) is 13.5. The van der Waals surface area contributed by atoms with E-state index < -0.39 is 0 Å². The van der Waals surface area contributed by atoms with Gasteiger partial charge in [0.25, 0.3) is 0 Å². The Bertz CT molecular complexity index is 577. The summed E-state index contributed by atoms with van der Waals surface area (Å²) < 4.78 is 2.18. The predicted octanol–water partition coefficient (Wildman–Crippen LogP) is 3.33. The van der Waals surface area contributed by atoms with Crippen molar-refractivity contribution >= 4 is 11.0 Å². The Morgan fingerprint density at radius 1 is 1.32 bits per heavy atom. The number of aryl methyl sites for hydroxylation is 1. The van der Waals surface area contributed by atoms with E-state index in [2.05, 4.69) is 36.7 Å². The smallest absolute Gasteiger partial charge is 0.129 e. The summed E-state index contributed by atoms with van der Waals surface area (Å²) in [6.45, 7) is 2.28. The number of imidazole rings is 1. The molecule has 1 aromatic carbocycles. The minimum atomic E-state index is -0.237. The molecule has 102 valence electrons. The van der Waals surface area contributed by atoms with Gasteiger partial charge in [0.15, 0.2) is 0 Å². The summed E-state index contributed by atoms with van der Waals surface area (Å²) in [7, 11) is 2.09. The van der Waals surface area contributed by atoms with Crippen LogP contribution in [0.15, 0.2) is 24.3 Å². The summed E-state index contributed by atoms with van der Waals surface area (Å²) >= 11 is 0. The first-order chi connectivity index (χ1) is 9.14. The van der Waals surface area contributed by atoms with Crippen LogP contribution in [0.25, 0.3) is 11.0 Å². The molecule has 0 aliphatic heterocycles. The molecule has 0 atom stereocenters. The average Bonchev–Trinajstić information content (AvgIpc) is 2.78. The van der Waals surface area contributed by atoms with Crippen molar-refractivity contribution in [2.75, 3.05) is 0 Å². The van der Waals surface area contributed by atoms with E-state index in [0.29, 0.717) is 0 Å². The fourth-order valence-corrected chi connectivity index (χ4v) is 3.42. The molecule has 3 rings (SSSR count). The minimum Gasteiger partial charge on any atom is -0.330 e. The molecule has 1 aromatic heterocycles.